The van der Waals surface area contributed by atoms with Gasteiger partial charge >= 0.3 is 0 Å². The summed E-state index contributed by atoms with van der Waals surface area (Å²) in [5.41, 5.74) is 16.8. The summed E-state index contributed by atoms with van der Waals surface area (Å²) in [5, 5.41) is 9.86. The second kappa shape index (κ2) is 6.88. The van der Waals surface area contributed by atoms with Crippen LogP contribution in [0, 0.1) is 39.0 Å². The van der Waals surface area contributed by atoms with E-state index in [2.05, 4.69) is 44.8 Å². The third-order valence-electron chi connectivity index (χ3n) is 5.80. The number of H-pyrrole nitrogens is 1. The molecular weight excluding hydrogens is 306 g/mol. The van der Waals surface area contributed by atoms with Crippen molar-refractivity contribution in [1.29, 1.82) is 5.26 Å². The van der Waals surface area contributed by atoms with Crippen LogP contribution in [-0.4, -0.2) is 0 Å². The number of nitrogens with two attached hydrogens (primary N) is 1. The lowest BCUT2D eigenvalue weighted by molar-refractivity contribution is -0.374. The van der Waals surface area contributed by atoms with Crippen molar-refractivity contribution < 1.29 is 4.98 Å². The van der Waals surface area contributed by atoms with Gasteiger partial charge in [-0.1, -0.05) is 18.9 Å². The molecule has 3 rings (SSSR count). The van der Waals surface area contributed by atoms with Crippen molar-refractivity contribution in [3.8, 4) is 17.2 Å². The average Bonchev–Trinajstić information content (AvgIpc) is 2.55. The van der Waals surface area contributed by atoms with Gasteiger partial charge in [0.1, 0.15) is 17.3 Å². The third kappa shape index (κ3) is 3.02. The first-order valence-corrected chi connectivity index (χ1v) is 9.30. The topological polar surface area (TPSA) is 64.0 Å². The molecule has 0 atom stereocenters. The monoisotopic (exact) mass is 334 g/mol. The minimum Gasteiger partial charge on any atom is -0.286 e. The summed E-state index contributed by atoms with van der Waals surface area (Å²) >= 11 is 0. The molecule has 0 radical (unpaired) electrons. The molecule has 0 amide bonds. The molecule has 0 saturated heterocycles. The fourth-order valence-corrected chi connectivity index (χ4v) is 4.17. The third-order valence-corrected chi connectivity index (χ3v) is 5.80. The first-order valence-electron chi connectivity index (χ1n) is 9.30. The highest BCUT2D eigenvalue weighted by atomic mass is 14.9. The van der Waals surface area contributed by atoms with Crippen LogP contribution in [0.4, 0.5) is 5.82 Å². The Morgan fingerprint density at radius 1 is 0.920 bits per heavy atom. The fourth-order valence-electron chi connectivity index (χ4n) is 4.17. The predicted octanol–water partition coefficient (Wildman–Crippen LogP) is 4.51. The second-order valence-corrected chi connectivity index (χ2v) is 7.41. The molecule has 0 aliphatic heterocycles. The molecule has 3 heteroatoms. The van der Waals surface area contributed by atoms with E-state index in [-0.39, 0.29) is 0 Å². The molecule has 0 spiro atoms. The zero-order valence-corrected chi connectivity index (χ0v) is 15.8. The lowest BCUT2D eigenvalue weighted by Gasteiger charge is -2.22. The molecule has 1 aliphatic carbocycles. The van der Waals surface area contributed by atoms with Gasteiger partial charge < -0.3 is 0 Å². The van der Waals surface area contributed by atoms with Gasteiger partial charge in [0.05, 0.1) is 0 Å². The molecule has 0 unspecified atom stereocenters. The van der Waals surface area contributed by atoms with Crippen LogP contribution in [0.3, 0.4) is 0 Å². The summed E-state index contributed by atoms with van der Waals surface area (Å²) in [6.45, 7) is 8.64. The molecule has 3 N–H and O–H groups in total. The Kier molecular flexibility index (Phi) is 4.81. The van der Waals surface area contributed by atoms with Gasteiger partial charge in [-0.2, -0.15) is 5.26 Å². The van der Waals surface area contributed by atoms with Gasteiger partial charge in [0, 0.05) is 17.5 Å². The zero-order valence-electron chi connectivity index (χ0n) is 15.8. The van der Waals surface area contributed by atoms with E-state index in [1.807, 2.05) is 0 Å². The molecule has 1 aliphatic rings. The smallest absolute Gasteiger partial charge is 0.286 e. The number of pyridine rings is 1. The van der Waals surface area contributed by atoms with Crippen molar-refractivity contribution in [1.82, 2.24) is 0 Å². The van der Waals surface area contributed by atoms with E-state index in [0.717, 1.165) is 18.4 Å². The number of rotatable bonds is 1. The van der Waals surface area contributed by atoms with Crippen molar-refractivity contribution in [2.45, 2.75) is 66.2 Å². The van der Waals surface area contributed by atoms with Gasteiger partial charge in [0.25, 0.3) is 5.82 Å². The molecule has 0 saturated carbocycles. The van der Waals surface area contributed by atoms with Crippen LogP contribution < -0.4 is 10.7 Å². The number of anilines is 1. The minimum absolute atomic E-state index is 0.509. The van der Waals surface area contributed by atoms with E-state index in [4.69, 9.17) is 5.73 Å². The number of nitrogens with zero attached hydrogens (tertiary/aromatic N) is 1. The molecule has 0 fully saturated rings. The van der Waals surface area contributed by atoms with Gasteiger partial charge in [0.15, 0.2) is 0 Å². The summed E-state index contributed by atoms with van der Waals surface area (Å²) in [6.07, 6.45) is 6.91. The average molecular weight is 334 g/mol. The lowest BCUT2D eigenvalue weighted by atomic mass is 9.82. The summed E-state index contributed by atoms with van der Waals surface area (Å²) in [5.74, 6) is 0.509. The van der Waals surface area contributed by atoms with Crippen molar-refractivity contribution in [3.05, 3.63) is 45.1 Å². The van der Waals surface area contributed by atoms with Crippen LogP contribution in [0.15, 0.2) is 6.07 Å². The fraction of sp³-hybridized carbons (Fsp3) is 0.455. The maximum absolute atomic E-state index is 9.86. The molecular formula is C22H28N3+. The SMILES string of the molecule is Cc1cc(C)c(C)c(-c2c(C#N)c(N)[nH+]c3c2CCCCCC3)c1C. The standard InChI is InChI=1S/C22H27N3/c1-13-11-14(2)16(4)20(15(13)3)21-17-9-7-5-6-8-10-19(17)25-22(24)18(21)12-23/h11H,5-10H2,1-4H3,(H2,24,25)/p+1. The Bertz CT molecular complexity index is 846. The van der Waals surface area contributed by atoms with E-state index >= 15 is 0 Å². The molecule has 130 valence electrons. The van der Waals surface area contributed by atoms with Crippen LogP contribution in [0.2, 0.25) is 0 Å². The number of nitriles is 1. The molecule has 1 heterocycles. The summed E-state index contributed by atoms with van der Waals surface area (Å²) in [4.78, 5) is 3.35. The Morgan fingerprint density at radius 3 is 2.12 bits per heavy atom. The first-order chi connectivity index (χ1) is 12.0. The van der Waals surface area contributed by atoms with Gasteiger partial charge in [-0.3, -0.25) is 5.73 Å². The van der Waals surface area contributed by atoms with E-state index in [1.165, 1.54) is 64.8 Å². The van der Waals surface area contributed by atoms with E-state index < -0.39 is 0 Å². The second-order valence-electron chi connectivity index (χ2n) is 7.41. The van der Waals surface area contributed by atoms with Crippen molar-refractivity contribution in [2.75, 3.05) is 5.73 Å². The minimum atomic E-state index is 0.509. The number of aryl methyl sites for hydroxylation is 3. The Labute approximate surface area is 150 Å². The number of fused-ring (bicyclic) bond motifs is 1. The molecule has 1 aromatic heterocycles. The molecule has 2 aromatic rings. The number of nitrogens with one attached hydrogen (secondary N) is 1. The highest BCUT2D eigenvalue weighted by Crippen LogP contribution is 2.39. The van der Waals surface area contributed by atoms with E-state index in [1.54, 1.807) is 0 Å². The van der Waals surface area contributed by atoms with Crippen molar-refractivity contribution in [3.63, 3.8) is 0 Å². The largest absolute Gasteiger partial charge is 0.289 e. The normalized spacial score (nSPS) is 14.4. The molecule has 25 heavy (non-hydrogen) atoms. The highest BCUT2D eigenvalue weighted by Gasteiger charge is 2.26. The van der Waals surface area contributed by atoms with E-state index in [9.17, 15) is 5.26 Å². The van der Waals surface area contributed by atoms with Crippen LogP contribution in [-0.2, 0) is 12.8 Å². The summed E-state index contributed by atoms with van der Waals surface area (Å²) in [6, 6.07) is 4.62. The first kappa shape index (κ1) is 17.5. The Morgan fingerprint density at radius 2 is 1.52 bits per heavy atom. The number of nitrogen functional groups attached to an aromatic ring is 1. The van der Waals surface area contributed by atoms with Crippen LogP contribution in [0.1, 0.15) is 64.8 Å². The van der Waals surface area contributed by atoms with Crippen molar-refractivity contribution in [2.24, 2.45) is 0 Å². The number of hydrogen-bond donors (Lipinski definition) is 1. The summed E-state index contributed by atoms with van der Waals surface area (Å²) in [7, 11) is 0. The van der Waals surface area contributed by atoms with Crippen LogP contribution in [0.25, 0.3) is 11.1 Å². The van der Waals surface area contributed by atoms with E-state index in [0.29, 0.717) is 11.4 Å². The number of aromatic amines is 1. The van der Waals surface area contributed by atoms with Gasteiger partial charge in [-0.25, -0.2) is 4.98 Å². The molecule has 3 nitrogen and oxygen atoms in total. The van der Waals surface area contributed by atoms with Gasteiger partial charge in [-0.15, -0.1) is 0 Å². The lowest BCUT2D eigenvalue weighted by Crippen LogP contribution is -2.23. The maximum Gasteiger partial charge on any atom is 0.289 e. The molecule has 1 aromatic carbocycles. The highest BCUT2D eigenvalue weighted by molar-refractivity contribution is 5.83. The quantitative estimate of drug-likeness (QED) is 0.833. The number of benzene rings is 1. The maximum atomic E-state index is 9.86. The Balaban J connectivity index is 2.42. The molecule has 0 bridgehead atoms. The summed E-state index contributed by atoms with van der Waals surface area (Å²) < 4.78 is 0. The number of hydrogen-bond acceptors (Lipinski definition) is 2. The zero-order chi connectivity index (χ0) is 18.1. The van der Waals surface area contributed by atoms with Crippen molar-refractivity contribution >= 4 is 5.82 Å². The van der Waals surface area contributed by atoms with Gasteiger partial charge in [-0.05, 0) is 74.8 Å². The predicted molar refractivity (Wildman–Crippen MR) is 102 cm³/mol. The van der Waals surface area contributed by atoms with Crippen LogP contribution in [0.5, 0.6) is 0 Å². The Hall–Kier alpha value is -2.34. The van der Waals surface area contributed by atoms with Gasteiger partial charge in [0.2, 0.25) is 0 Å². The van der Waals surface area contributed by atoms with Crippen LogP contribution >= 0.6 is 0 Å². The number of aromatic nitrogens is 1.